The molecule has 2 nitrogen and oxygen atoms in total. The minimum absolute atomic E-state index is 0. The molecular weight excluding hydrogens is 258 g/mol. The summed E-state index contributed by atoms with van der Waals surface area (Å²) >= 11 is 0. The lowest BCUT2D eigenvalue weighted by atomic mass is 9.89. The van der Waals surface area contributed by atoms with Gasteiger partial charge in [0, 0.05) is 0 Å². The summed E-state index contributed by atoms with van der Waals surface area (Å²) in [5, 5.41) is 3.42. The van der Waals surface area contributed by atoms with Gasteiger partial charge < -0.3 is 10.1 Å². The van der Waals surface area contributed by atoms with Crippen LogP contribution in [-0.4, -0.2) is 19.7 Å². The summed E-state index contributed by atoms with van der Waals surface area (Å²) in [4.78, 5) is 0. The summed E-state index contributed by atoms with van der Waals surface area (Å²) in [5.74, 6) is 1.76. The first-order valence-electron chi connectivity index (χ1n) is 7.24. The van der Waals surface area contributed by atoms with Crippen molar-refractivity contribution in [3.63, 3.8) is 0 Å². The van der Waals surface area contributed by atoms with Crippen LogP contribution in [0.25, 0.3) is 0 Å². The van der Waals surface area contributed by atoms with E-state index in [0.29, 0.717) is 5.92 Å². The summed E-state index contributed by atoms with van der Waals surface area (Å²) in [6.45, 7) is 7.48. The zero-order valence-corrected chi connectivity index (χ0v) is 12.9. The van der Waals surface area contributed by atoms with Crippen molar-refractivity contribution >= 4 is 12.4 Å². The maximum atomic E-state index is 5.84. The van der Waals surface area contributed by atoms with E-state index in [1.165, 1.54) is 30.4 Å². The Balaban J connectivity index is 0.00000180. The van der Waals surface area contributed by atoms with Crippen molar-refractivity contribution in [2.75, 3.05) is 19.7 Å². The molecule has 0 atom stereocenters. The normalized spacial score (nSPS) is 15.9. The Morgan fingerprint density at radius 2 is 1.95 bits per heavy atom. The van der Waals surface area contributed by atoms with E-state index >= 15 is 0 Å². The summed E-state index contributed by atoms with van der Waals surface area (Å²) in [7, 11) is 0. The zero-order chi connectivity index (χ0) is 12.8. The molecule has 1 aromatic carbocycles. The molecule has 1 fully saturated rings. The van der Waals surface area contributed by atoms with Crippen LogP contribution >= 0.6 is 12.4 Å². The molecule has 0 radical (unpaired) electrons. The van der Waals surface area contributed by atoms with Crippen LogP contribution in [0.1, 0.15) is 49.7 Å². The summed E-state index contributed by atoms with van der Waals surface area (Å²) in [5.41, 5.74) is 2.78. The molecule has 1 aliphatic rings. The molecule has 19 heavy (non-hydrogen) atoms. The zero-order valence-electron chi connectivity index (χ0n) is 12.1. The van der Waals surface area contributed by atoms with Crippen LogP contribution in [0.4, 0.5) is 0 Å². The molecule has 0 aliphatic carbocycles. The highest BCUT2D eigenvalue weighted by atomic mass is 35.5. The van der Waals surface area contributed by atoms with E-state index in [2.05, 4.69) is 37.4 Å². The number of halogens is 1. The van der Waals surface area contributed by atoms with Crippen molar-refractivity contribution in [1.82, 2.24) is 5.32 Å². The van der Waals surface area contributed by atoms with Gasteiger partial charge >= 0.3 is 0 Å². The van der Waals surface area contributed by atoms with Crippen molar-refractivity contribution in [3.05, 3.63) is 29.3 Å². The quantitative estimate of drug-likeness (QED) is 0.823. The van der Waals surface area contributed by atoms with Gasteiger partial charge in [0.2, 0.25) is 0 Å². The van der Waals surface area contributed by atoms with Gasteiger partial charge in [-0.15, -0.1) is 12.4 Å². The molecule has 0 amide bonds. The Labute approximate surface area is 123 Å². The number of rotatable bonds is 5. The smallest absolute Gasteiger partial charge is 0.119 e. The number of benzene rings is 1. The van der Waals surface area contributed by atoms with E-state index in [9.17, 15) is 0 Å². The number of hydrogen-bond acceptors (Lipinski definition) is 2. The fourth-order valence-electron chi connectivity index (χ4n) is 2.59. The first-order valence-corrected chi connectivity index (χ1v) is 7.24. The Morgan fingerprint density at radius 3 is 2.63 bits per heavy atom. The van der Waals surface area contributed by atoms with E-state index in [4.69, 9.17) is 4.74 Å². The van der Waals surface area contributed by atoms with E-state index in [-0.39, 0.29) is 12.4 Å². The number of nitrogens with one attached hydrogen (secondary N) is 1. The van der Waals surface area contributed by atoms with Crippen LogP contribution in [0.2, 0.25) is 0 Å². The van der Waals surface area contributed by atoms with Crippen molar-refractivity contribution in [3.8, 4) is 5.75 Å². The van der Waals surface area contributed by atoms with Crippen molar-refractivity contribution in [1.29, 1.82) is 0 Å². The molecule has 0 unspecified atom stereocenters. The van der Waals surface area contributed by atoms with Gasteiger partial charge in [-0.1, -0.05) is 19.4 Å². The first kappa shape index (κ1) is 16.3. The van der Waals surface area contributed by atoms with Gasteiger partial charge in [0.25, 0.3) is 0 Å². The predicted octanol–water partition coefficient (Wildman–Crippen LogP) is 4.06. The average Bonchev–Trinajstić information content (AvgIpc) is 2.39. The molecule has 1 heterocycles. The Morgan fingerprint density at radius 1 is 1.21 bits per heavy atom. The average molecular weight is 284 g/mol. The van der Waals surface area contributed by atoms with Crippen LogP contribution in [0.5, 0.6) is 5.75 Å². The van der Waals surface area contributed by atoms with Gasteiger partial charge in [-0.3, -0.25) is 0 Å². The Hall–Kier alpha value is -0.730. The molecule has 1 aliphatic heterocycles. The largest absolute Gasteiger partial charge is 0.494 e. The minimum Gasteiger partial charge on any atom is -0.494 e. The maximum Gasteiger partial charge on any atom is 0.119 e. The molecular formula is C16H26ClNO. The molecule has 2 rings (SSSR count). The van der Waals surface area contributed by atoms with E-state index < -0.39 is 0 Å². The third-order valence-electron chi connectivity index (χ3n) is 3.65. The predicted molar refractivity (Wildman–Crippen MR) is 83.7 cm³/mol. The fourth-order valence-corrected chi connectivity index (χ4v) is 2.59. The van der Waals surface area contributed by atoms with Crippen LogP contribution in [0.3, 0.4) is 0 Å². The number of aryl methyl sites for hydroxylation is 1. The Bertz CT molecular complexity index is 375. The lowest BCUT2D eigenvalue weighted by Crippen LogP contribution is -2.26. The number of piperidine rings is 1. The van der Waals surface area contributed by atoms with Gasteiger partial charge in [0.15, 0.2) is 0 Å². The van der Waals surface area contributed by atoms with Crippen LogP contribution in [0.15, 0.2) is 18.2 Å². The van der Waals surface area contributed by atoms with Crippen molar-refractivity contribution in [2.45, 2.75) is 45.4 Å². The molecule has 3 heteroatoms. The molecule has 108 valence electrons. The molecule has 0 saturated carbocycles. The van der Waals surface area contributed by atoms with Gasteiger partial charge in [0.1, 0.15) is 5.75 Å². The minimum atomic E-state index is 0. The number of hydrogen-bond donors (Lipinski definition) is 1. The summed E-state index contributed by atoms with van der Waals surface area (Å²) in [6.07, 6.45) is 4.82. The third kappa shape index (κ3) is 5.04. The van der Waals surface area contributed by atoms with Crippen LogP contribution in [-0.2, 0) is 0 Å². The monoisotopic (exact) mass is 283 g/mol. The molecule has 1 N–H and O–H groups in total. The standard InChI is InChI=1S/C16H25NO.ClH/c1-3-4-9-18-16-11-13(2)10-15(12-16)14-5-7-17-8-6-14;/h10-12,14,17H,3-9H2,1-2H3;1H. The van der Waals surface area contributed by atoms with Crippen LogP contribution < -0.4 is 10.1 Å². The summed E-state index contributed by atoms with van der Waals surface area (Å²) < 4.78 is 5.84. The van der Waals surface area contributed by atoms with Gasteiger partial charge in [-0.2, -0.15) is 0 Å². The van der Waals surface area contributed by atoms with E-state index in [1.54, 1.807) is 0 Å². The highest BCUT2D eigenvalue weighted by Gasteiger charge is 2.16. The van der Waals surface area contributed by atoms with Crippen molar-refractivity contribution < 1.29 is 4.74 Å². The SMILES string of the molecule is CCCCOc1cc(C)cc(C2CCNCC2)c1.Cl. The molecule has 0 aromatic heterocycles. The van der Waals surface area contributed by atoms with Crippen LogP contribution in [0, 0.1) is 6.92 Å². The highest BCUT2D eigenvalue weighted by molar-refractivity contribution is 5.85. The fraction of sp³-hybridized carbons (Fsp3) is 0.625. The molecule has 0 spiro atoms. The van der Waals surface area contributed by atoms with Gasteiger partial charge in [0.05, 0.1) is 6.61 Å². The van der Waals surface area contributed by atoms with Crippen molar-refractivity contribution in [2.24, 2.45) is 0 Å². The lowest BCUT2D eigenvalue weighted by Gasteiger charge is -2.23. The molecule has 0 bridgehead atoms. The lowest BCUT2D eigenvalue weighted by molar-refractivity contribution is 0.308. The topological polar surface area (TPSA) is 21.3 Å². The van der Waals surface area contributed by atoms with E-state index in [0.717, 1.165) is 31.9 Å². The second-order valence-electron chi connectivity index (χ2n) is 5.31. The third-order valence-corrected chi connectivity index (χ3v) is 3.65. The number of ether oxygens (including phenoxy) is 1. The van der Waals surface area contributed by atoms with Gasteiger partial charge in [-0.25, -0.2) is 0 Å². The number of unbranched alkanes of at least 4 members (excludes halogenated alkanes) is 1. The first-order chi connectivity index (χ1) is 8.79. The highest BCUT2D eigenvalue weighted by Crippen LogP contribution is 2.29. The molecule has 1 saturated heterocycles. The Kier molecular flexibility index (Phi) is 7.25. The second-order valence-corrected chi connectivity index (χ2v) is 5.31. The van der Waals surface area contributed by atoms with Gasteiger partial charge in [-0.05, 0) is 68.5 Å². The second kappa shape index (κ2) is 8.44. The maximum absolute atomic E-state index is 5.84. The van der Waals surface area contributed by atoms with E-state index in [1.807, 2.05) is 0 Å². The summed E-state index contributed by atoms with van der Waals surface area (Å²) in [6, 6.07) is 6.72. The molecule has 1 aromatic rings.